The normalized spacial score (nSPS) is 18.8. The maximum absolute atomic E-state index is 13.0. The van der Waals surface area contributed by atoms with E-state index in [0.29, 0.717) is 31.1 Å². The predicted molar refractivity (Wildman–Crippen MR) is 127 cm³/mol. The van der Waals surface area contributed by atoms with Gasteiger partial charge in [-0.05, 0) is 48.1 Å². The van der Waals surface area contributed by atoms with Crippen LogP contribution < -0.4 is 5.32 Å². The van der Waals surface area contributed by atoms with E-state index in [4.69, 9.17) is 4.74 Å². The highest BCUT2D eigenvalue weighted by atomic mass is 32.2. The minimum Gasteiger partial charge on any atom is -0.379 e. The second-order valence-corrected chi connectivity index (χ2v) is 10.9. The maximum Gasteiger partial charge on any atom is 0.251 e. The van der Waals surface area contributed by atoms with E-state index in [0.717, 1.165) is 51.3 Å². The quantitative estimate of drug-likeness (QED) is 0.672. The van der Waals surface area contributed by atoms with E-state index in [9.17, 15) is 13.2 Å². The second kappa shape index (κ2) is 10.8. The van der Waals surface area contributed by atoms with Gasteiger partial charge in [-0.15, -0.1) is 0 Å². The van der Waals surface area contributed by atoms with E-state index in [2.05, 4.69) is 29.3 Å². The molecule has 0 aromatic heterocycles. The van der Waals surface area contributed by atoms with Crippen molar-refractivity contribution in [3.05, 3.63) is 65.2 Å². The number of rotatable bonds is 7. The molecule has 1 N–H and O–H groups in total. The molecule has 33 heavy (non-hydrogen) atoms. The van der Waals surface area contributed by atoms with Gasteiger partial charge in [-0.3, -0.25) is 9.69 Å². The summed E-state index contributed by atoms with van der Waals surface area (Å²) in [5, 5.41) is 2.91. The SMILES string of the molecule is CC1CCN(S(=O)(=O)c2cccc(C(=O)NCc3ccc(CN4CCOCC4)cc3)c2)CC1. The highest BCUT2D eigenvalue weighted by Gasteiger charge is 2.28. The molecule has 2 aliphatic rings. The summed E-state index contributed by atoms with van der Waals surface area (Å²) in [6.45, 7) is 7.95. The van der Waals surface area contributed by atoms with Gasteiger partial charge in [-0.2, -0.15) is 4.31 Å². The number of carbonyl (C=O) groups excluding carboxylic acids is 1. The number of piperidine rings is 1. The lowest BCUT2D eigenvalue weighted by molar-refractivity contribution is 0.0342. The lowest BCUT2D eigenvalue weighted by Gasteiger charge is -2.29. The van der Waals surface area contributed by atoms with Crippen molar-refractivity contribution < 1.29 is 17.9 Å². The summed E-state index contributed by atoms with van der Waals surface area (Å²) in [6, 6.07) is 14.5. The van der Waals surface area contributed by atoms with Crippen LogP contribution in [-0.4, -0.2) is 62.9 Å². The van der Waals surface area contributed by atoms with Crippen molar-refractivity contribution >= 4 is 15.9 Å². The van der Waals surface area contributed by atoms with Gasteiger partial charge in [0.25, 0.3) is 5.91 Å². The van der Waals surface area contributed by atoms with Crippen molar-refractivity contribution in [1.29, 1.82) is 0 Å². The molecule has 0 spiro atoms. The van der Waals surface area contributed by atoms with Crippen molar-refractivity contribution in [2.24, 2.45) is 5.92 Å². The molecule has 4 rings (SSSR count). The van der Waals surface area contributed by atoms with Crippen LogP contribution in [-0.2, 0) is 27.8 Å². The van der Waals surface area contributed by atoms with E-state index in [-0.39, 0.29) is 10.8 Å². The Morgan fingerprint density at radius 3 is 2.36 bits per heavy atom. The van der Waals surface area contributed by atoms with Crippen molar-refractivity contribution in [3.8, 4) is 0 Å². The molecule has 2 aromatic rings. The zero-order valence-electron chi connectivity index (χ0n) is 19.2. The van der Waals surface area contributed by atoms with Crippen LogP contribution in [0.25, 0.3) is 0 Å². The first-order chi connectivity index (χ1) is 15.9. The average Bonchev–Trinajstić information content (AvgIpc) is 2.84. The molecule has 8 heteroatoms. The lowest BCUT2D eigenvalue weighted by atomic mass is 10.0. The number of morpholine rings is 1. The number of benzene rings is 2. The van der Waals surface area contributed by atoms with Gasteiger partial charge in [0, 0.05) is 44.8 Å². The average molecular weight is 472 g/mol. The minimum atomic E-state index is -3.58. The fourth-order valence-corrected chi connectivity index (χ4v) is 5.75. The smallest absolute Gasteiger partial charge is 0.251 e. The molecule has 0 aliphatic carbocycles. The van der Waals surface area contributed by atoms with Gasteiger partial charge in [0.1, 0.15) is 0 Å². The highest BCUT2D eigenvalue weighted by molar-refractivity contribution is 7.89. The predicted octanol–water partition coefficient (Wildman–Crippen LogP) is 2.87. The van der Waals surface area contributed by atoms with Crippen molar-refractivity contribution in [2.75, 3.05) is 39.4 Å². The Balaban J connectivity index is 1.34. The Bertz CT molecular complexity index is 1040. The van der Waals surface area contributed by atoms with Gasteiger partial charge >= 0.3 is 0 Å². The van der Waals surface area contributed by atoms with Gasteiger partial charge in [-0.1, -0.05) is 37.3 Å². The van der Waals surface area contributed by atoms with Crippen molar-refractivity contribution in [3.63, 3.8) is 0 Å². The Kier molecular flexibility index (Phi) is 7.80. The summed E-state index contributed by atoms with van der Waals surface area (Å²) >= 11 is 0. The van der Waals surface area contributed by atoms with E-state index in [1.165, 1.54) is 15.9 Å². The number of amides is 1. The van der Waals surface area contributed by atoms with Crippen LogP contribution in [0.2, 0.25) is 0 Å². The molecule has 0 unspecified atom stereocenters. The molecule has 0 atom stereocenters. The zero-order chi connectivity index (χ0) is 23.3. The van der Waals surface area contributed by atoms with E-state index < -0.39 is 10.0 Å². The largest absolute Gasteiger partial charge is 0.379 e. The second-order valence-electron chi connectivity index (χ2n) is 9.00. The molecule has 7 nitrogen and oxygen atoms in total. The number of nitrogens with zero attached hydrogens (tertiary/aromatic N) is 2. The number of ether oxygens (including phenoxy) is 1. The number of carbonyl (C=O) groups is 1. The number of hydrogen-bond acceptors (Lipinski definition) is 5. The zero-order valence-corrected chi connectivity index (χ0v) is 20.0. The molecule has 178 valence electrons. The minimum absolute atomic E-state index is 0.178. The lowest BCUT2D eigenvalue weighted by Crippen LogP contribution is -2.38. The Morgan fingerprint density at radius 2 is 1.67 bits per heavy atom. The third-order valence-electron chi connectivity index (χ3n) is 6.46. The molecule has 2 heterocycles. The van der Waals surface area contributed by atoms with Gasteiger partial charge in [-0.25, -0.2) is 8.42 Å². The molecular formula is C25H33N3O4S. The molecule has 2 fully saturated rings. The molecule has 0 saturated carbocycles. The van der Waals surface area contributed by atoms with Crippen LogP contribution in [0, 0.1) is 5.92 Å². The summed E-state index contributed by atoms with van der Waals surface area (Å²) in [5.41, 5.74) is 2.59. The number of sulfonamides is 1. The standard InChI is InChI=1S/C25H33N3O4S/c1-20-9-11-28(12-10-20)33(30,31)24-4-2-3-23(17-24)25(29)26-18-21-5-7-22(8-6-21)19-27-13-15-32-16-14-27/h2-8,17,20H,9-16,18-19H2,1H3,(H,26,29). The van der Waals surface area contributed by atoms with Crippen LogP contribution in [0.1, 0.15) is 41.3 Å². The molecule has 1 amide bonds. The summed E-state index contributed by atoms with van der Waals surface area (Å²) < 4.78 is 32.9. The first-order valence-electron chi connectivity index (χ1n) is 11.7. The monoisotopic (exact) mass is 471 g/mol. The molecule has 2 saturated heterocycles. The summed E-state index contributed by atoms with van der Waals surface area (Å²) in [5.74, 6) is 0.263. The fraction of sp³-hybridized carbons (Fsp3) is 0.480. The van der Waals surface area contributed by atoms with Crippen LogP contribution >= 0.6 is 0 Å². The Morgan fingerprint density at radius 1 is 1.00 bits per heavy atom. The molecule has 2 aromatic carbocycles. The third-order valence-corrected chi connectivity index (χ3v) is 8.36. The van der Waals surface area contributed by atoms with Crippen LogP contribution in [0.5, 0.6) is 0 Å². The van der Waals surface area contributed by atoms with Crippen molar-refractivity contribution in [1.82, 2.24) is 14.5 Å². The Labute approximate surface area is 196 Å². The molecule has 2 aliphatic heterocycles. The fourth-order valence-electron chi connectivity index (χ4n) is 4.24. The highest BCUT2D eigenvalue weighted by Crippen LogP contribution is 2.24. The third kappa shape index (κ3) is 6.20. The topological polar surface area (TPSA) is 79.0 Å². The van der Waals surface area contributed by atoms with Crippen LogP contribution in [0.15, 0.2) is 53.4 Å². The number of hydrogen-bond donors (Lipinski definition) is 1. The van der Waals surface area contributed by atoms with Crippen LogP contribution in [0.3, 0.4) is 0 Å². The van der Waals surface area contributed by atoms with Gasteiger partial charge < -0.3 is 10.1 Å². The van der Waals surface area contributed by atoms with E-state index >= 15 is 0 Å². The summed E-state index contributed by atoms with van der Waals surface area (Å²) in [6.07, 6.45) is 1.73. The number of nitrogens with one attached hydrogen (secondary N) is 1. The molecular weight excluding hydrogens is 438 g/mol. The first-order valence-corrected chi connectivity index (χ1v) is 13.1. The van der Waals surface area contributed by atoms with Gasteiger partial charge in [0.2, 0.25) is 10.0 Å². The first kappa shape index (κ1) is 23.9. The van der Waals surface area contributed by atoms with E-state index in [1.807, 2.05) is 12.1 Å². The maximum atomic E-state index is 13.0. The van der Waals surface area contributed by atoms with Crippen molar-refractivity contribution in [2.45, 2.75) is 37.8 Å². The summed E-state index contributed by atoms with van der Waals surface area (Å²) in [7, 11) is -3.58. The van der Waals surface area contributed by atoms with Gasteiger partial charge in [0.05, 0.1) is 18.1 Å². The Hall–Kier alpha value is -2.26. The molecule has 0 radical (unpaired) electrons. The van der Waals surface area contributed by atoms with Gasteiger partial charge in [0.15, 0.2) is 0 Å². The molecule has 0 bridgehead atoms. The van der Waals surface area contributed by atoms with Crippen LogP contribution in [0.4, 0.5) is 0 Å². The summed E-state index contributed by atoms with van der Waals surface area (Å²) in [4.78, 5) is 15.3. The van der Waals surface area contributed by atoms with E-state index in [1.54, 1.807) is 18.2 Å².